The molecule has 2 amide bonds. The summed E-state index contributed by atoms with van der Waals surface area (Å²) in [6.45, 7) is 4.99. The van der Waals surface area contributed by atoms with Crippen LogP contribution in [0, 0.1) is 0 Å². The zero-order chi connectivity index (χ0) is 13.7. The number of hydrogen-bond donors (Lipinski definition) is 3. The second kappa shape index (κ2) is 6.49. The second-order valence-electron chi connectivity index (χ2n) is 4.67. The van der Waals surface area contributed by atoms with Crippen LogP contribution in [0.5, 0.6) is 0 Å². The molecule has 6 nitrogen and oxygen atoms in total. The van der Waals surface area contributed by atoms with Gasteiger partial charge in [0.2, 0.25) is 5.91 Å². The molecule has 1 aromatic heterocycles. The molecule has 1 atom stereocenters. The molecule has 1 unspecified atom stereocenters. The summed E-state index contributed by atoms with van der Waals surface area (Å²) in [5.74, 6) is -0.635. The summed E-state index contributed by atoms with van der Waals surface area (Å²) in [5, 5.41) is 5.68. The Balaban J connectivity index is 1.84. The molecule has 0 bridgehead atoms. The molecule has 6 heteroatoms. The number of aromatic amines is 1. The van der Waals surface area contributed by atoms with Crippen molar-refractivity contribution in [1.82, 2.24) is 20.5 Å². The third kappa shape index (κ3) is 3.65. The maximum atomic E-state index is 11.9. The van der Waals surface area contributed by atoms with Gasteiger partial charge in [0, 0.05) is 18.8 Å². The number of nitrogens with zero attached hydrogens (tertiary/aromatic N) is 1. The normalized spacial score (nSPS) is 18.7. The van der Waals surface area contributed by atoms with Crippen LogP contribution in [0.4, 0.5) is 0 Å². The van der Waals surface area contributed by atoms with Crippen LogP contribution in [0.25, 0.3) is 0 Å². The molecule has 0 spiro atoms. The Bertz CT molecular complexity index is 424. The molecule has 1 aliphatic rings. The van der Waals surface area contributed by atoms with Crippen LogP contribution >= 0.6 is 0 Å². The SMILES string of the molecule is CCN(CC(=O)NC(=O)c1ccc[nH]1)C1CCNC1. The van der Waals surface area contributed by atoms with Gasteiger partial charge in [0.1, 0.15) is 5.69 Å². The standard InChI is InChI=1S/C13H20N4O2/c1-2-17(10-5-7-14-8-10)9-12(18)16-13(19)11-4-3-6-15-11/h3-4,6,10,14-15H,2,5,7-9H2,1H3,(H,16,18,19). The third-order valence-corrected chi connectivity index (χ3v) is 3.40. The number of nitrogens with one attached hydrogen (secondary N) is 3. The minimum absolute atomic E-state index is 0.256. The van der Waals surface area contributed by atoms with Crippen molar-refractivity contribution >= 4 is 11.8 Å². The summed E-state index contributed by atoms with van der Waals surface area (Å²) >= 11 is 0. The topological polar surface area (TPSA) is 77.2 Å². The zero-order valence-electron chi connectivity index (χ0n) is 11.1. The van der Waals surface area contributed by atoms with Gasteiger partial charge in [-0.1, -0.05) is 6.92 Å². The molecule has 2 rings (SSSR count). The molecule has 1 saturated heterocycles. The van der Waals surface area contributed by atoms with Crippen molar-refractivity contribution in [3.8, 4) is 0 Å². The summed E-state index contributed by atoms with van der Waals surface area (Å²) in [5.41, 5.74) is 0.402. The van der Waals surface area contributed by atoms with E-state index >= 15 is 0 Å². The Kier molecular flexibility index (Phi) is 4.70. The van der Waals surface area contributed by atoms with E-state index in [1.807, 2.05) is 6.92 Å². The van der Waals surface area contributed by atoms with Crippen molar-refractivity contribution in [1.29, 1.82) is 0 Å². The van der Waals surface area contributed by atoms with E-state index < -0.39 is 0 Å². The number of H-pyrrole nitrogens is 1. The van der Waals surface area contributed by atoms with Gasteiger partial charge in [-0.2, -0.15) is 0 Å². The van der Waals surface area contributed by atoms with Crippen molar-refractivity contribution in [3.05, 3.63) is 24.0 Å². The number of carbonyl (C=O) groups is 2. The van der Waals surface area contributed by atoms with Gasteiger partial charge in [-0.05, 0) is 31.6 Å². The zero-order valence-corrected chi connectivity index (χ0v) is 11.1. The Morgan fingerprint density at radius 2 is 2.37 bits per heavy atom. The molecule has 0 aliphatic carbocycles. The number of carbonyl (C=O) groups excluding carboxylic acids is 2. The number of rotatable bonds is 5. The van der Waals surface area contributed by atoms with Crippen molar-refractivity contribution in [2.24, 2.45) is 0 Å². The molecular weight excluding hydrogens is 244 g/mol. The van der Waals surface area contributed by atoms with Gasteiger partial charge in [0.25, 0.3) is 5.91 Å². The van der Waals surface area contributed by atoms with Crippen LogP contribution < -0.4 is 10.6 Å². The molecule has 1 fully saturated rings. The van der Waals surface area contributed by atoms with Crippen molar-refractivity contribution in [3.63, 3.8) is 0 Å². The van der Waals surface area contributed by atoms with Gasteiger partial charge in [-0.15, -0.1) is 0 Å². The Morgan fingerprint density at radius 1 is 1.53 bits per heavy atom. The molecule has 3 N–H and O–H groups in total. The van der Waals surface area contributed by atoms with Gasteiger partial charge >= 0.3 is 0 Å². The van der Waals surface area contributed by atoms with Crippen molar-refractivity contribution in [2.45, 2.75) is 19.4 Å². The first-order valence-corrected chi connectivity index (χ1v) is 6.63. The largest absolute Gasteiger partial charge is 0.357 e. The average Bonchev–Trinajstić information content (AvgIpc) is 3.07. The van der Waals surface area contributed by atoms with E-state index in [4.69, 9.17) is 0 Å². The lowest BCUT2D eigenvalue weighted by atomic mass is 10.2. The molecule has 1 aromatic rings. The lowest BCUT2D eigenvalue weighted by Crippen LogP contribution is -2.45. The van der Waals surface area contributed by atoms with Crippen LogP contribution in [0.2, 0.25) is 0 Å². The molecule has 0 radical (unpaired) electrons. The smallest absolute Gasteiger partial charge is 0.274 e. The minimum atomic E-state index is -0.379. The van der Waals surface area contributed by atoms with Crippen LogP contribution in [0.3, 0.4) is 0 Å². The number of amides is 2. The van der Waals surface area contributed by atoms with E-state index in [0.717, 1.165) is 26.1 Å². The van der Waals surface area contributed by atoms with E-state index in [1.54, 1.807) is 18.3 Å². The maximum Gasteiger partial charge on any atom is 0.274 e. The summed E-state index contributed by atoms with van der Waals surface area (Å²) in [4.78, 5) is 28.5. The maximum absolute atomic E-state index is 11.9. The summed E-state index contributed by atoms with van der Waals surface area (Å²) in [6, 6.07) is 3.75. The Labute approximate surface area is 112 Å². The number of likely N-dealkylation sites (N-methyl/N-ethyl adjacent to an activating group) is 1. The third-order valence-electron chi connectivity index (χ3n) is 3.40. The first-order valence-electron chi connectivity index (χ1n) is 6.63. The van der Waals surface area contributed by atoms with E-state index in [-0.39, 0.29) is 18.4 Å². The van der Waals surface area contributed by atoms with Crippen LogP contribution in [0.15, 0.2) is 18.3 Å². The second-order valence-corrected chi connectivity index (χ2v) is 4.67. The number of imide groups is 1. The lowest BCUT2D eigenvalue weighted by molar-refractivity contribution is -0.121. The highest BCUT2D eigenvalue weighted by atomic mass is 16.2. The fraction of sp³-hybridized carbons (Fsp3) is 0.538. The first-order chi connectivity index (χ1) is 9.20. The lowest BCUT2D eigenvalue weighted by Gasteiger charge is -2.25. The molecule has 19 heavy (non-hydrogen) atoms. The van der Waals surface area contributed by atoms with Crippen LogP contribution in [0.1, 0.15) is 23.8 Å². The highest BCUT2D eigenvalue weighted by Crippen LogP contribution is 2.07. The molecule has 1 aliphatic heterocycles. The molecule has 0 aromatic carbocycles. The van der Waals surface area contributed by atoms with Gasteiger partial charge < -0.3 is 10.3 Å². The monoisotopic (exact) mass is 264 g/mol. The summed E-state index contributed by atoms with van der Waals surface area (Å²) < 4.78 is 0. The van der Waals surface area contributed by atoms with Gasteiger partial charge in [-0.25, -0.2) is 0 Å². The van der Waals surface area contributed by atoms with Gasteiger partial charge in [0.15, 0.2) is 0 Å². The predicted molar refractivity (Wildman–Crippen MR) is 71.8 cm³/mol. The molecule has 0 saturated carbocycles. The molecule has 2 heterocycles. The first kappa shape index (κ1) is 13.8. The van der Waals surface area contributed by atoms with Gasteiger partial charge in [0.05, 0.1) is 6.54 Å². The van der Waals surface area contributed by atoms with Crippen molar-refractivity contribution < 1.29 is 9.59 Å². The van der Waals surface area contributed by atoms with E-state index in [0.29, 0.717) is 11.7 Å². The Morgan fingerprint density at radius 3 is 2.95 bits per heavy atom. The van der Waals surface area contributed by atoms with Crippen LogP contribution in [-0.4, -0.2) is 53.9 Å². The highest BCUT2D eigenvalue weighted by Gasteiger charge is 2.23. The van der Waals surface area contributed by atoms with Crippen LogP contribution in [-0.2, 0) is 4.79 Å². The van der Waals surface area contributed by atoms with E-state index in [2.05, 4.69) is 20.5 Å². The highest BCUT2D eigenvalue weighted by molar-refractivity contribution is 6.04. The number of aromatic nitrogens is 1. The van der Waals surface area contributed by atoms with E-state index in [1.165, 1.54) is 0 Å². The van der Waals surface area contributed by atoms with Crippen molar-refractivity contribution in [2.75, 3.05) is 26.2 Å². The fourth-order valence-corrected chi connectivity index (χ4v) is 2.34. The fourth-order valence-electron chi connectivity index (χ4n) is 2.34. The number of hydrogen-bond acceptors (Lipinski definition) is 4. The predicted octanol–water partition coefficient (Wildman–Crippen LogP) is -0.0451. The molecular formula is C13H20N4O2. The van der Waals surface area contributed by atoms with Gasteiger partial charge in [-0.3, -0.25) is 19.8 Å². The Hall–Kier alpha value is -1.66. The quantitative estimate of drug-likeness (QED) is 0.697. The minimum Gasteiger partial charge on any atom is -0.357 e. The average molecular weight is 264 g/mol. The molecule has 104 valence electrons. The van der Waals surface area contributed by atoms with E-state index in [9.17, 15) is 9.59 Å². The summed E-state index contributed by atoms with van der Waals surface area (Å²) in [7, 11) is 0. The summed E-state index contributed by atoms with van der Waals surface area (Å²) in [6.07, 6.45) is 2.70.